The lowest BCUT2D eigenvalue weighted by Gasteiger charge is -2.07. The van der Waals surface area contributed by atoms with E-state index in [1.54, 1.807) is 18.2 Å². The predicted molar refractivity (Wildman–Crippen MR) is 92.9 cm³/mol. The molecule has 0 saturated carbocycles. The van der Waals surface area contributed by atoms with Crippen LogP contribution in [-0.2, 0) is 4.79 Å². The fraction of sp³-hybridized carbons (Fsp3) is 0.111. The lowest BCUT2D eigenvalue weighted by molar-refractivity contribution is -0.384. The number of benzene rings is 2. The van der Waals surface area contributed by atoms with Gasteiger partial charge in [0.1, 0.15) is 17.4 Å². The maximum absolute atomic E-state index is 12.3. The molecule has 0 bridgehead atoms. The second kappa shape index (κ2) is 7.27. The van der Waals surface area contributed by atoms with Gasteiger partial charge in [-0.05, 0) is 49.2 Å². The van der Waals surface area contributed by atoms with Crippen LogP contribution in [0.25, 0.3) is 6.08 Å². The van der Waals surface area contributed by atoms with Crippen molar-refractivity contribution >= 4 is 23.4 Å². The van der Waals surface area contributed by atoms with E-state index in [1.807, 2.05) is 19.9 Å². The second-order valence-corrected chi connectivity index (χ2v) is 5.42. The number of nitrogens with one attached hydrogen (secondary N) is 1. The summed E-state index contributed by atoms with van der Waals surface area (Å²) >= 11 is 0. The van der Waals surface area contributed by atoms with Gasteiger partial charge in [0.15, 0.2) is 0 Å². The minimum absolute atomic E-state index is 0.0148. The summed E-state index contributed by atoms with van der Waals surface area (Å²) in [6, 6.07) is 10.4. The standard InChI is InChI=1S/C18H15N3O4/c1-11-3-4-15(7-12(11)2)20-18(23)14(10-19)8-13-9-16(21(24)25)5-6-17(13)22/h3-9,22H,1-2H3,(H,20,23). The van der Waals surface area contributed by atoms with E-state index in [9.17, 15) is 25.3 Å². The Morgan fingerprint density at radius 3 is 2.56 bits per heavy atom. The summed E-state index contributed by atoms with van der Waals surface area (Å²) in [4.78, 5) is 22.4. The maximum atomic E-state index is 12.3. The number of aromatic hydroxyl groups is 1. The number of non-ortho nitro benzene ring substituents is 1. The summed E-state index contributed by atoms with van der Waals surface area (Å²) in [5.74, 6) is -0.936. The first kappa shape index (κ1) is 17.7. The highest BCUT2D eigenvalue weighted by atomic mass is 16.6. The number of carbonyl (C=O) groups is 1. The zero-order valence-corrected chi connectivity index (χ0v) is 13.6. The topological polar surface area (TPSA) is 116 Å². The third-order valence-corrected chi connectivity index (χ3v) is 3.65. The highest BCUT2D eigenvalue weighted by Crippen LogP contribution is 2.25. The first-order valence-electron chi connectivity index (χ1n) is 7.29. The van der Waals surface area contributed by atoms with Gasteiger partial charge in [0.2, 0.25) is 0 Å². The molecule has 2 rings (SSSR count). The normalized spacial score (nSPS) is 10.8. The number of nitrogens with zero attached hydrogens (tertiary/aromatic N) is 2. The van der Waals surface area contributed by atoms with E-state index in [0.717, 1.165) is 35.4 Å². The molecule has 0 aliphatic rings. The second-order valence-electron chi connectivity index (χ2n) is 5.42. The average Bonchev–Trinajstić information content (AvgIpc) is 2.57. The van der Waals surface area contributed by atoms with Crippen molar-refractivity contribution in [1.29, 1.82) is 5.26 Å². The summed E-state index contributed by atoms with van der Waals surface area (Å²) in [6.45, 7) is 3.83. The van der Waals surface area contributed by atoms with E-state index < -0.39 is 10.8 Å². The first-order chi connectivity index (χ1) is 11.8. The molecule has 0 saturated heterocycles. The minimum Gasteiger partial charge on any atom is -0.507 e. The van der Waals surface area contributed by atoms with Crippen molar-refractivity contribution in [2.24, 2.45) is 0 Å². The highest BCUT2D eigenvalue weighted by molar-refractivity contribution is 6.09. The Bertz CT molecular complexity index is 926. The van der Waals surface area contributed by atoms with Gasteiger partial charge in [-0.25, -0.2) is 0 Å². The third kappa shape index (κ3) is 4.20. The van der Waals surface area contributed by atoms with Crippen LogP contribution in [0, 0.1) is 35.3 Å². The Morgan fingerprint density at radius 2 is 1.96 bits per heavy atom. The van der Waals surface area contributed by atoms with E-state index in [2.05, 4.69) is 5.32 Å². The molecule has 7 nitrogen and oxygen atoms in total. The summed E-state index contributed by atoms with van der Waals surface area (Å²) in [5.41, 5.74) is 2.05. The van der Waals surface area contributed by atoms with E-state index in [1.165, 1.54) is 0 Å². The van der Waals surface area contributed by atoms with Crippen molar-refractivity contribution in [2.75, 3.05) is 5.32 Å². The highest BCUT2D eigenvalue weighted by Gasteiger charge is 2.14. The molecule has 0 fully saturated rings. The number of rotatable bonds is 4. The molecule has 7 heteroatoms. The van der Waals surface area contributed by atoms with Crippen molar-refractivity contribution in [3.05, 3.63) is 68.8 Å². The van der Waals surface area contributed by atoms with Gasteiger partial charge in [0.05, 0.1) is 4.92 Å². The number of carbonyl (C=O) groups excluding carboxylic acids is 1. The molecule has 2 N–H and O–H groups in total. The Kier molecular flexibility index (Phi) is 5.15. The van der Waals surface area contributed by atoms with Crippen molar-refractivity contribution in [3.8, 4) is 11.8 Å². The number of aryl methyl sites for hydroxylation is 2. The fourth-order valence-corrected chi connectivity index (χ4v) is 2.09. The number of amides is 1. The van der Waals surface area contributed by atoms with Crippen molar-refractivity contribution in [2.45, 2.75) is 13.8 Å². The van der Waals surface area contributed by atoms with Crippen LogP contribution in [0.4, 0.5) is 11.4 Å². The number of nitro groups is 1. The zero-order chi connectivity index (χ0) is 18.6. The van der Waals surface area contributed by atoms with Gasteiger partial charge in [0.25, 0.3) is 11.6 Å². The zero-order valence-electron chi connectivity index (χ0n) is 13.6. The predicted octanol–water partition coefficient (Wildman–Crippen LogP) is 3.46. The summed E-state index contributed by atoms with van der Waals surface area (Å²) in [7, 11) is 0. The van der Waals surface area contributed by atoms with Crippen LogP contribution in [0.15, 0.2) is 42.0 Å². The van der Waals surface area contributed by atoms with Crippen LogP contribution in [-0.4, -0.2) is 15.9 Å². The number of nitriles is 1. The lowest BCUT2D eigenvalue weighted by atomic mass is 10.1. The van der Waals surface area contributed by atoms with E-state index in [0.29, 0.717) is 5.69 Å². The number of hydrogen-bond donors (Lipinski definition) is 2. The molecule has 0 aliphatic carbocycles. The molecule has 0 spiro atoms. The number of anilines is 1. The van der Waals surface area contributed by atoms with Gasteiger partial charge in [-0.15, -0.1) is 0 Å². The van der Waals surface area contributed by atoms with Crippen molar-refractivity contribution in [3.63, 3.8) is 0 Å². The molecule has 1 amide bonds. The number of nitro benzene ring substituents is 1. The smallest absolute Gasteiger partial charge is 0.270 e. The summed E-state index contributed by atoms with van der Waals surface area (Å²) in [6.07, 6.45) is 1.11. The van der Waals surface area contributed by atoms with Crippen LogP contribution in [0.5, 0.6) is 5.75 Å². The van der Waals surface area contributed by atoms with Crippen LogP contribution in [0.3, 0.4) is 0 Å². The molecule has 2 aromatic carbocycles. The van der Waals surface area contributed by atoms with E-state index in [4.69, 9.17) is 0 Å². The van der Waals surface area contributed by atoms with Crippen molar-refractivity contribution < 1.29 is 14.8 Å². The van der Waals surface area contributed by atoms with Gasteiger partial charge in [-0.3, -0.25) is 14.9 Å². The summed E-state index contributed by atoms with van der Waals surface area (Å²) < 4.78 is 0. The Balaban J connectivity index is 2.32. The third-order valence-electron chi connectivity index (χ3n) is 3.65. The molecular weight excluding hydrogens is 322 g/mol. The number of phenols is 1. The molecule has 25 heavy (non-hydrogen) atoms. The molecule has 2 aromatic rings. The minimum atomic E-state index is -0.670. The Hall–Kier alpha value is -3.66. The number of hydrogen-bond acceptors (Lipinski definition) is 5. The SMILES string of the molecule is Cc1ccc(NC(=O)C(C#N)=Cc2cc([N+](=O)[O-])ccc2O)cc1C. The van der Waals surface area contributed by atoms with Crippen LogP contribution < -0.4 is 5.32 Å². The molecule has 0 aliphatic heterocycles. The fourth-order valence-electron chi connectivity index (χ4n) is 2.09. The monoisotopic (exact) mass is 337 g/mol. The van der Waals surface area contributed by atoms with E-state index >= 15 is 0 Å². The quantitative estimate of drug-likeness (QED) is 0.383. The van der Waals surface area contributed by atoms with Gasteiger partial charge in [-0.2, -0.15) is 5.26 Å². The van der Waals surface area contributed by atoms with Crippen LogP contribution >= 0.6 is 0 Å². The van der Waals surface area contributed by atoms with Gasteiger partial charge in [-0.1, -0.05) is 6.07 Å². The maximum Gasteiger partial charge on any atom is 0.270 e. The molecule has 0 heterocycles. The van der Waals surface area contributed by atoms with Crippen LogP contribution in [0.1, 0.15) is 16.7 Å². The molecule has 0 unspecified atom stereocenters. The van der Waals surface area contributed by atoms with Crippen molar-refractivity contribution in [1.82, 2.24) is 0 Å². The Labute approximate surface area is 144 Å². The van der Waals surface area contributed by atoms with Gasteiger partial charge < -0.3 is 10.4 Å². The summed E-state index contributed by atoms with van der Waals surface area (Å²) in [5, 5.41) is 32.4. The largest absolute Gasteiger partial charge is 0.507 e. The number of phenolic OH excluding ortho intramolecular Hbond substituents is 1. The molecule has 0 aromatic heterocycles. The van der Waals surface area contributed by atoms with Crippen LogP contribution in [0.2, 0.25) is 0 Å². The van der Waals surface area contributed by atoms with Gasteiger partial charge in [0, 0.05) is 23.4 Å². The molecular formula is C18H15N3O4. The Morgan fingerprint density at radius 1 is 1.24 bits per heavy atom. The van der Waals surface area contributed by atoms with Gasteiger partial charge >= 0.3 is 0 Å². The first-order valence-corrected chi connectivity index (χ1v) is 7.29. The van der Waals surface area contributed by atoms with E-state index in [-0.39, 0.29) is 22.6 Å². The molecule has 126 valence electrons. The molecule has 0 atom stereocenters. The lowest BCUT2D eigenvalue weighted by Crippen LogP contribution is -2.13. The molecule has 0 radical (unpaired) electrons. The average molecular weight is 337 g/mol.